The van der Waals surface area contributed by atoms with Gasteiger partial charge in [-0.25, -0.2) is 14.3 Å². The number of carboxylic acids is 1. The Balaban J connectivity index is 0.000000405. The van der Waals surface area contributed by atoms with Gasteiger partial charge in [0.1, 0.15) is 11.6 Å². The Morgan fingerprint density at radius 1 is 1.19 bits per heavy atom. The number of aliphatic carboxylic acids is 1. The molecule has 198 valence electrons. The van der Waals surface area contributed by atoms with E-state index < -0.39 is 12.1 Å². The Kier molecular flexibility index (Phi) is 7.81. The smallest absolute Gasteiger partial charge is 0.475 e. The second-order valence-corrected chi connectivity index (χ2v) is 8.77. The van der Waals surface area contributed by atoms with E-state index in [9.17, 15) is 18.0 Å². The number of rotatable bonds is 5. The van der Waals surface area contributed by atoms with Crippen LogP contribution in [0.1, 0.15) is 13.3 Å². The first-order valence-corrected chi connectivity index (χ1v) is 11.8. The van der Waals surface area contributed by atoms with E-state index in [0.717, 1.165) is 43.0 Å². The van der Waals surface area contributed by atoms with Gasteiger partial charge in [0.15, 0.2) is 0 Å². The molecular formula is C24H27F3N6O4. The van der Waals surface area contributed by atoms with E-state index >= 15 is 0 Å². The third-order valence-corrected chi connectivity index (χ3v) is 6.21. The van der Waals surface area contributed by atoms with Crippen LogP contribution in [0.25, 0.3) is 16.8 Å². The van der Waals surface area contributed by atoms with Gasteiger partial charge in [-0.3, -0.25) is 4.79 Å². The molecule has 0 radical (unpaired) electrons. The Morgan fingerprint density at radius 3 is 2.46 bits per heavy atom. The maximum Gasteiger partial charge on any atom is 0.490 e. The number of fused-ring (bicyclic) bond motifs is 1. The zero-order valence-electron chi connectivity index (χ0n) is 20.0. The molecule has 0 unspecified atom stereocenters. The highest BCUT2D eigenvalue weighted by atomic mass is 19.4. The van der Waals surface area contributed by atoms with Crippen LogP contribution in [0.5, 0.6) is 5.88 Å². The van der Waals surface area contributed by atoms with E-state index in [4.69, 9.17) is 19.6 Å². The summed E-state index contributed by atoms with van der Waals surface area (Å²) in [6.07, 6.45) is -1.05. The number of carbonyl (C=O) groups is 2. The van der Waals surface area contributed by atoms with Gasteiger partial charge in [0.05, 0.1) is 18.1 Å². The summed E-state index contributed by atoms with van der Waals surface area (Å²) in [6.45, 7) is 6.70. The van der Waals surface area contributed by atoms with Crippen molar-refractivity contribution in [1.29, 1.82) is 0 Å². The summed E-state index contributed by atoms with van der Waals surface area (Å²) < 4.78 is 39.8. The highest BCUT2D eigenvalue weighted by Gasteiger charge is 2.38. The van der Waals surface area contributed by atoms with Gasteiger partial charge in [0, 0.05) is 56.3 Å². The molecule has 0 saturated carbocycles. The third kappa shape index (κ3) is 6.47. The lowest BCUT2D eigenvalue weighted by molar-refractivity contribution is -0.192. The Hall–Kier alpha value is -3.87. The first kappa shape index (κ1) is 26.2. The average Bonchev–Trinajstić information content (AvgIpc) is 3.54. The van der Waals surface area contributed by atoms with Crippen molar-refractivity contribution >= 4 is 23.1 Å². The van der Waals surface area contributed by atoms with Crippen LogP contribution in [-0.2, 0) is 9.59 Å². The zero-order valence-corrected chi connectivity index (χ0v) is 20.0. The molecule has 1 amide bonds. The largest absolute Gasteiger partial charge is 0.490 e. The number of hydrogen-bond donors (Lipinski definition) is 3. The molecule has 1 aromatic carbocycles. The monoisotopic (exact) mass is 520 g/mol. The van der Waals surface area contributed by atoms with Crippen molar-refractivity contribution in [2.75, 3.05) is 37.6 Å². The van der Waals surface area contributed by atoms with Crippen LogP contribution in [0, 0.1) is 5.92 Å². The average molecular weight is 521 g/mol. The van der Waals surface area contributed by atoms with Crippen molar-refractivity contribution in [3.63, 3.8) is 0 Å². The SMILES string of the molecule is C[C@@H](Oc1nc(-c2ccc(N3CCNCC3)cc2)cn2nccc12)[C@H]1CNC(=O)C1.O=C(O)C(F)(F)F. The van der Waals surface area contributed by atoms with Gasteiger partial charge in [-0.15, -0.1) is 0 Å². The normalized spacial score (nSPS) is 18.6. The van der Waals surface area contributed by atoms with Crippen molar-refractivity contribution < 1.29 is 32.6 Å². The number of aromatic nitrogens is 3. The lowest BCUT2D eigenvalue weighted by Gasteiger charge is -2.29. The van der Waals surface area contributed by atoms with Gasteiger partial charge in [0.25, 0.3) is 0 Å². The lowest BCUT2D eigenvalue weighted by atomic mass is 10.0. The topological polar surface area (TPSA) is 121 Å². The molecule has 0 aliphatic carbocycles. The number of nitrogens with one attached hydrogen (secondary N) is 2. The molecule has 2 saturated heterocycles. The summed E-state index contributed by atoms with van der Waals surface area (Å²) in [7, 11) is 0. The van der Waals surface area contributed by atoms with Gasteiger partial charge in [-0.2, -0.15) is 18.3 Å². The molecule has 13 heteroatoms. The predicted molar refractivity (Wildman–Crippen MR) is 128 cm³/mol. The van der Waals surface area contributed by atoms with E-state index in [-0.39, 0.29) is 17.9 Å². The molecule has 3 N–H and O–H groups in total. The van der Waals surface area contributed by atoms with Crippen molar-refractivity contribution in [2.45, 2.75) is 25.6 Å². The molecule has 5 rings (SSSR count). The van der Waals surface area contributed by atoms with Crippen molar-refractivity contribution in [3.8, 4) is 17.1 Å². The van der Waals surface area contributed by atoms with E-state index in [1.165, 1.54) is 5.69 Å². The standard InChI is InChI=1S/C22H26N6O2.C2HF3O2/c1-15(17-12-21(29)24-13-17)30-22-20-6-7-25-28(20)14-19(26-22)16-2-4-18(5-3-16)27-10-8-23-9-11-27;3-2(4,5)1(6)7/h2-7,14-15,17,23H,8-13H2,1H3,(H,24,29);(H,6,7)/t15-,17-;/m1./s1. The number of carbonyl (C=O) groups excluding carboxylic acids is 1. The van der Waals surface area contributed by atoms with Gasteiger partial charge in [-0.1, -0.05) is 12.1 Å². The van der Waals surface area contributed by atoms with Crippen LogP contribution < -0.4 is 20.3 Å². The molecule has 3 aromatic rings. The van der Waals surface area contributed by atoms with Crippen molar-refractivity contribution in [3.05, 3.63) is 42.7 Å². The van der Waals surface area contributed by atoms with Gasteiger partial charge >= 0.3 is 12.1 Å². The third-order valence-electron chi connectivity index (χ3n) is 6.21. The summed E-state index contributed by atoms with van der Waals surface area (Å²) >= 11 is 0. The molecular weight excluding hydrogens is 493 g/mol. The molecule has 0 spiro atoms. The molecule has 10 nitrogen and oxygen atoms in total. The zero-order chi connectivity index (χ0) is 26.6. The number of anilines is 1. The number of alkyl halides is 3. The molecule has 2 aliphatic heterocycles. The number of amides is 1. The second kappa shape index (κ2) is 11.0. The summed E-state index contributed by atoms with van der Waals surface area (Å²) in [4.78, 5) is 27.6. The van der Waals surface area contributed by atoms with E-state index in [1.807, 2.05) is 19.2 Å². The van der Waals surface area contributed by atoms with Crippen LogP contribution in [-0.4, -0.2) is 76.6 Å². The highest BCUT2D eigenvalue weighted by molar-refractivity contribution is 5.78. The fourth-order valence-electron chi connectivity index (χ4n) is 4.12. The predicted octanol–water partition coefficient (Wildman–Crippen LogP) is 2.34. The van der Waals surface area contributed by atoms with Gasteiger partial charge in [0.2, 0.25) is 11.8 Å². The summed E-state index contributed by atoms with van der Waals surface area (Å²) in [5.74, 6) is -1.99. The quantitative estimate of drug-likeness (QED) is 0.469. The fraction of sp³-hybridized carbons (Fsp3) is 0.417. The molecule has 4 heterocycles. The minimum atomic E-state index is -5.08. The Labute approximate surface area is 210 Å². The van der Waals surface area contributed by atoms with Gasteiger partial charge in [-0.05, 0) is 25.1 Å². The molecule has 0 bridgehead atoms. The number of benzene rings is 1. The fourth-order valence-corrected chi connectivity index (χ4v) is 4.12. The molecule has 2 fully saturated rings. The molecule has 37 heavy (non-hydrogen) atoms. The number of ether oxygens (including phenoxy) is 1. The number of hydrogen-bond acceptors (Lipinski definition) is 7. The lowest BCUT2D eigenvalue weighted by Crippen LogP contribution is -2.43. The van der Waals surface area contributed by atoms with Crippen LogP contribution in [0.2, 0.25) is 0 Å². The second-order valence-electron chi connectivity index (χ2n) is 8.77. The number of piperazine rings is 1. The van der Waals surface area contributed by atoms with Crippen molar-refractivity contribution in [2.24, 2.45) is 5.92 Å². The minimum Gasteiger partial charge on any atom is -0.475 e. The van der Waals surface area contributed by atoms with Crippen LogP contribution >= 0.6 is 0 Å². The van der Waals surface area contributed by atoms with Crippen molar-refractivity contribution in [1.82, 2.24) is 25.2 Å². The first-order valence-electron chi connectivity index (χ1n) is 11.8. The van der Waals surface area contributed by atoms with Crippen LogP contribution in [0.3, 0.4) is 0 Å². The maximum atomic E-state index is 11.6. The summed E-state index contributed by atoms with van der Waals surface area (Å²) in [6, 6.07) is 10.4. The Bertz CT molecular complexity index is 1240. The van der Waals surface area contributed by atoms with E-state index in [0.29, 0.717) is 18.8 Å². The van der Waals surface area contributed by atoms with Gasteiger partial charge < -0.3 is 25.4 Å². The first-order chi connectivity index (χ1) is 17.6. The maximum absolute atomic E-state index is 11.6. The molecule has 2 aliphatic rings. The van der Waals surface area contributed by atoms with Crippen LogP contribution in [0.15, 0.2) is 42.7 Å². The molecule has 2 atom stereocenters. The summed E-state index contributed by atoms with van der Waals surface area (Å²) in [5.41, 5.74) is 3.87. The Morgan fingerprint density at radius 2 is 1.86 bits per heavy atom. The minimum absolute atomic E-state index is 0.0798. The number of carboxylic acid groups (broad SMARTS) is 1. The number of nitrogens with zero attached hydrogens (tertiary/aromatic N) is 4. The summed E-state index contributed by atoms with van der Waals surface area (Å²) in [5, 5.41) is 17.8. The van der Waals surface area contributed by atoms with E-state index in [2.05, 4.69) is 44.9 Å². The van der Waals surface area contributed by atoms with E-state index in [1.54, 1.807) is 10.7 Å². The highest BCUT2D eigenvalue weighted by Crippen LogP contribution is 2.28. The molecule has 2 aromatic heterocycles. The number of halogens is 3. The van der Waals surface area contributed by atoms with Crippen LogP contribution in [0.4, 0.5) is 18.9 Å².